The highest BCUT2D eigenvalue weighted by atomic mass is 16.3. The molecule has 6 nitrogen and oxygen atoms in total. The van der Waals surface area contributed by atoms with Crippen LogP contribution in [0.25, 0.3) is 0 Å². The van der Waals surface area contributed by atoms with Crippen molar-refractivity contribution in [3.8, 4) is 0 Å². The Hall–Kier alpha value is -2.11. The average molecular weight is 262 g/mol. The van der Waals surface area contributed by atoms with Gasteiger partial charge in [-0.2, -0.15) is 0 Å². The third kappa shape index (κ3) is 3.21. The summed E-state index contributed by atoms with van der Waals surface area (Å²) in [5.41, 5.74) is 0. The van der Waals surface area contributed by atoms with Crippen molar-refractivity contribution in [1.29, 1.82) is 0 Å². The Kier molecular flexibility index (Phi) is 3.99. The Morgan fingerprint density at radius 3 is 2.95 bits per heavy atom. The van der Waals surface area contributed by atoms with Gasteiger partial charge in [-0.1, -0.05) is 6.92 Å². The van der Waals surface area contributed by atoms with Crippen molar-refractivity contribution >= 4 is 5.91 Å². The summed E-state index contributed by atoms with van der Waals surface area (Å²) < 4.78 is 5.46. The van der Waals surface area contributed by atoms with E-state index in [1.807, 2.05) is 32.9 Å². The van der Waals surface area contributed by atoms with E-state index < -0.39 is 0 Å². The van der Waals surface area contributed by atoms with E-state index in [0.29, 0.717) is 0 Å². The van der Waals surface area contributed by atoms with Gasteiger partial charge in [0.05, 0.1) is 6.04 Å². The molecule has 0 spiro atoms. The van der Waals surface area contributed by atoms with Gasteiger partial charge in [0.25, 0.3) is 5.91 Å². The summed E-state index contributed by atoms with van der Waals surface area (Å²) in [4.78, 5) is 16.1. The summed E-state index contributed by atoms with van der Waals surface area (Å²) >= 11 is 0. The first-order valence-corrected chi connectivity index (χ1v) is 6.38. The van der Waals surface area contributed by atoms with Gasteiger partial charge in [-0.3, -0.25) is 9.89 Å². The third-order valence-corrected chi connectivity index (χ3v) is 2.76. The maximum absolute atomic E-state index is 12.0. The third-order valence-electron chi connectivity index (χ3n) is 2.76. The molecule has 0 aliphatic rings. The minimum atomic E-state index is -0.305. The zero-order valence-electron chi connectivity index (χ0n) is 11.4. The molecule has 2 N–H and O–H groups in total. The van der Waals surface area contributed by atoms with Crippen molar-refractivity contribution in [1.82, 2.24) is 20.5 Å². The second-order valence-electron chi connectivity index (χ2n) is 4.50. The van der Waals surface area contributed by atoms with Crippen molar-refractivity contribution in [2.24, 2.45) is 0 Å². The summed E-state index contributed by atoms with van der Waals surface area (Å²) in [6, 6.07) is 3.50. The highest BCUT2D eigenvalue weighted by Crippen LogP contribution is 2.15. The first-order valence-electron chi connectivity index (χ1n) is 6.38. The molecular weight excluding hydrogens is 244 g/mol. The van der Waals surface area contributed by atoms with Crippen LogP contribution in [0.2, 0.25) is 0 Å². The normalized spacial score (nSPS) is 12.4. The van der Waals surface area contributed by atoms with Gasteiger partial charge in [0, 0.05) is 6.42 Å². The fourth-order valence-electron chi connectivity index (χ4n) is 1.76. The topological polar surface area (TPSA) is 83.8 Å². The molecule has 2 heterocycles. The van der Waals surface area contributed by atoms with E-state index in [2.05, 4.69) is 20.5 Å². The highest BCUT2D eigenvalue weighted by Gasteiger charge is 2.17. The molecule has 0 fully saturated rings. The van der Waals surface area contributed by atoms with Gasteiger partial charge in [0.15, 0.2) is 0 Å². The molecular formula is C13H18N4O2. The lowest BCUT2D eigenvalue weighted by Gasteiger charge is -2.09. The average Bonchev–Trinajstić information content (AvgIpc) is 2.98. The molecule has 2 aromatic rings. The summed E-state index contributed by atoms with van der Waals surface area (Å²) in [6.45, 7) is 5.77. The lowest BCUT2D eigenvalue weighted by Crippen LogP contribution is -2.27. The van der Waals surface area contributed by atoms with Gasteiger partial charge < -0.3 is 9.73 Å². The molecule has 0 aliphatic carbocycles. The zero-order valence-corrected chi connectivity index (χ0v) is 11.4. The molecule has 0 aromatic carbocycles. The molecule has 6 heteroatoms. The second kappa shape index (κ2) is 5.69. The predicted octanol–water partition coefficient (Wildman–Crippen LogP) is 2.15. The number of hydrogen-bond donors (Lipinski definition) is 2. The second-order valence-corrected chi connectivity index (χ2v) is 4.50. The number of rotatable bonds is 5. The Labute approximate surface area is 111 Å². The van der Waals surface area contributed by atoms with Gasteiger partial charge in [0.1, 0.15) is 17.3 Å². The quantitative estimate of drug-likeness (QED) is 0.864. The molecule has 1 amide bonds. The number of aromatic amines is 1. The molecule has 0 saturated carbocycles. The van der Waals surface area contributed by atoms with Crippen molar-refractivity contribution in [2.75, 3.05) is 0 Å². The Morgan fingerprint density at radius 2 is 2.32 bits per heavy atom. The van der Waals surface area contributed by atoms with Gasteiger partial charge in [-0.05, 0) is 32.4 Å². The summed E-state index contributed by atoms with van der Waals surface area (Å²) in [6.07, 6.45) is 1.74. The van der Waals surface area contributed by atoms with Crippen LogP contribution in [0.3, 0.4) is 0 Å². The molecule has 19 heavy (non-hydrogen) atoms. The van der Waals surface area contributed by atoms with Crippen LogP contribution in [0.4, 0.5) is 0 Å². The minimum Gasteiger partial charge on any atom is -0.464 e. The monoisotopic (exact) mass is 262 g/mol. The molecule has 0 saturated heterocycles. The Bertz CT molecular complexity index is 558. The van der Waals surface area contributed by atoms with Crippen LogP contribution >= 0.6 is 0 Å². The molecule has 1 atom stereocenters. The van der Waals surface area contributed by atoms with Crippen molar-refractivity contribution in [3.63, 3.8) is 0 Å². The fourth-order valence-corrected chi connectivity index (χ4v) is 1.76. The van der Waals surface area contributed by atoms with Crippen LogP contribution in [0.1, 0.15) is 54.3 Å². The van der Waals surface area contributed by atoms with Crippen LogP contribution in [-0.2, 0) is 6.42 Å². The lowest BCUT2D eigenvalue weighted by atomic mass is 10.2. The molecule has 102 valence electrons. The summed E-state index contributed by atoms with van der Waals surface area (Å²) in [5, 5.41) is 9.47. The molecule has 1 unspecified atom stereocenters. The number of carbonyl (C=O) groups excluding carboxylic acids is 1. The number of hydrogen-bond acceptors (Lipinski definition) is 4. The zero-order chi connectivity index (χ0) is 13.8. The van der Waals surface area contributed by atoms with E-state index in [4.69, 9.17) is 4.42 Å². The molecule has 0 aliphatic heterocycles. The number of aryl methyl sites for hydroxylation is 2. The first-order chi connectivity index (χ1) is 9.10. The van der Waals surface area contributed by atoms with E-state index in [1.54, 1.807) is 0 Å². The maximum Gasteiger partial charge on any atom is 0.291 e. The van der Waals surface area contributed by atoms with Crippen molar-refractivity contribution < 1.29 is 9.21 Å². The van der Waals surface area contributed by atoms with Crippen LogP contribution in [0.5, 0.6) is 0 Å². The van der Waals surface area contributed by atoms with E-state index in [9.17, 15) is 4.79 Å². The molecule has 2 aromatic heterocycles. The molecule has 0 radical (unpaired) electrons. The van der Waals surface area contributed by atoms with Crippen LogP contribution in [0, 0.1) is 6.92 Å². The van der Waals surface area contributed by atoms with Gasteiger partial charge in [-0.25, -0.2) is 4.98 Å². The maximum atomic E-state index is 12.0. The fraction of sp³-hybridized carbons (Fsp3) is 0.462. The minimum absolute atomic E-state index is 0.165. The van der Waals surface area contributed by atoms with Crippen LogP contribution in [-0.4, -0.2) is 21.1 Å². The van der Waals surface area contributed by atoms with Gasteiger partial charge in [-0.15, -0.1) is 5.10 Å². The Morgan fingerprint density at radius 1 is 1.53 bits per heavy atom. The van der Waals surface area contributed by atoms with Crippen LogP contribution in [0.15, 0.2) is 16.5 Å². The number of nitrogens with one attached hydrogen (secondary N) is 2. The lowest BCUT2D eigenvalue weighted by molar-refractivity contribution is 0.0925. The van der Waals surface area contributed by atoms with Crippen molar-refractivity contribution in [2.45, 2.75) is 39.7 Å². The summed E-state index contributed by atoms with van der Waals surface area (Å²) in [7, 11) is 0. The SMILES string of the molecule is CCCc1nc(C(=O)NC(C)c2ccc(C)o2)n[nH]1. The molecule has 2 rings (SSSR count). The number of furan rings is 1. The first kappa shape index (κ1) is 13.3. The smallest absolute Gasteiger partial charge is 0.291 e. The number of H-pyrrole nitrogens is 1. The number of aromatic nitrogens is 3. The van der Waals surface area contributed by atoms with E-state index in [0.717, 1.165) is 30.2 Å². The standard InChI is InChI=1S/C13H18N4O2/c1-4-5-11-15-12(17-16-11)13(18)14-9(3)10-7-6-8(2)19-10/h6-7,9H,4-5H2,1-3H3,(H,14,18)(H,15,16,17). The van der Waals surface area contributed by atoms with Gasteiger partial charge in [0.2, 0.25) is 5.82 Å². The van der Waals surface area contributed by atoms with Crippen molar-refractivity contribution in [3.05, 3.63) is 35.3 Å². The van der Waals surface area contributed by atoms with E-state index >= 15 is 0 Å². The Balaban J connectivity index is 1.99. The predicted molar refractivity (Wildman–Crippen MR) is 69.7 cm³/mol. The highest BCUT2D eigenvalue weighted by molar-refractivity contribution is 5.90. The summed E-state index contributed by atoms with van der Waals surface area (Å²) in [5.74, 6) is 2.13. The number of amides is 1. The van der Waals surface area contributed by atoms with E-state index in [-0.39, 0.29) is 17.8 Å². The largest absolute Gasteiger partial charge is 0.464 e. The van der Waals surface area contributed by atoms with E-state index in [1.165, 1.54) is 0 Å². The molecule has 0 bridgehead atoms. The number of nitrogens with zero attached hydrogens (tertiary/aromatic N) is 2. The van der Waals surface area contributed by atoms with Crippen LogP contribution < -0.4 is 5.32 Å². The number of carbonyl (C=O) groups is 1. The van der Waals surface area contributed by atoms with Gasteiger partial charge >= 0.3 is 0 Å².